The fourth-order valence-corrected chi connectivity index (χ4v) is 2.04. The van der Waals surface area contributed by atoms with E-state index in [0.29, 0.717) is 12.5 Å². The largest absolute Gasteiger partial charge is 0.496 e. The molecule has 0 saturated carbocycles. The summed E-state index contributed by atoms with van der Waals surface area (Å²) in [5, 5.41) is 3.39. The van der Waals surface area contributed by atoms with Crippen molar-refractivity contribution in [3.63, 3.8) is 0 Å². The second-order valence-corrected chi connectivity index (χ2v) is 4.70. The Morgan fingerprint density at radius 3 is 2.05 bits per heavy atom. The van der Waals surface area contributed by atoms with Crippen LogP contribution in [0.4, 0.5) is 0 Å². The van der Waals surface area contributed by atoms with Crippen LogP contribution in [0.5, 0.6) is 17.2 Å². The maximum atomic E-state index is 5.41. The predicted octanol–water partition coefficient (Wildman–Crippen LogP) is 2.08. The summed E-state index contributed by atoms with van der Waals surface area (Å²) in [6.45, 7) is 4.42. The minimum atomic E-state index is 0.454. The van der Waals surface area contributed by atoms with Gasteiger partial charge in [0.15, 0.2) is 0 Å². The number of ether oxygens (including phenoxy) is 4. The Labute approximate surface area is 121 Å². The molecule has 0 spiro atoms. The van der Waals surface area contributed by atoms with E-state index >= 15 is 0 Å². The van der Waals surface area contributed by atoms with E-state index < -0.39 is 0 Å². The van der Waals surface area contributed by atoms with Gasteiger partial charge in [-0.2, -0.15) is 0 Å². The standard InChI is InChI=1S/C15H25NO4/c1-11(10-17-2)8-16-9-13-14(19-4)6-12(18-3)7-15(13)20-5/h6-7,11,16H,8-10H2,1-5H3. The van der Waals surface area contributed by atoms with Gasteiger partial charge in [0.05, 0.1) is 26.9 Å². The lowest BCUT2D eigenvalue weighted by Crippen LogP contribution is -2.23. The second-order valence-electron chi connectivity index (χ2n) is 4.70. The molecule has 5 nitrogen and oxygen atoms in total. The molecule has 1 aromatic rings. The molecule has 5 heteroatoms. The van der Waals surface area contributed by atoms with E-state index in [9.17, 15) is 0 Å². The van der Waals surface area contributed by atoms with E-state index in [2.05, 4.69) is 12.2 Å². The van der Waals surface area contributed by atoms with Crippen LogP contribution in [0.1, 0.15) is 12.5 Å². The lowest BCUT2D eigenvalue weighted by atomic mass is 10.1. The zero-order valence-electron chi connectivity index (χ0n) is 13.0. The summed E-state index contributed by atoms with van der Waals surface area (Å²) < 4.78 is 21.2. The van der Waals surface area contributed by atoms with Gasteiger partial charge in [0, 0.05) is 38.9 Å². The summed E-state index contributed by atoms with van der Waals surface area (Å²) in [7, 11) is 6.63. The Morgan fingerprint density at radius 1 is 1.00 bits per heavy atom. The molecule has 0 amide bonds. The summed E-state index contributed by atoms with van der Waals surface area (Å²) in [6.07, 6.45) is 0. The number of methoxy groups -OCH3 is 4. The van der Waals surface area contributed by atoms with Crippen LogP contribution < -0.4 is 19.5 Å². The monoisotopic (exact) mass is 283 g/mol. The number of hydrogen-bond donors (Lipinski definition) is 1. The van der Waals surface area contributed by atoms with E-state index in [-0.39, 0.29) is 0 Å². The van der Waals surface area contributed by atoms with Crippen molar-refractivity contribution in [2.45, 2.75) is 13.5 Å². The molecule has 0 aliphatic heterocycles. The van der Waals surface area contributed by atoms with Crippen LogP contribution in [-0.4, -0.2) is 41.6 Å². The summed E-state index contributed by atoms with van der Waals surface area (Å²) in [4.78, 5) is 0. The maximum Gasteiger partial charge on any atom is 0.130 e. The molecule has 0 aliphatic carbocycles. The smallest absolute Gasteiger partial charge is 0.130 e. The Bertz CT molecular complexity index is 384. The summed E-state index contributed by atoms with van der Waals surface area (Å²) in [5.41, 5.74) is 0.986. The van der Waals surface area contributed by atoms with Gasteiger partial charge in [-0.3, -0.25) is 0 Å². The van der Waals surface area contributed by atoms with Gasteiger partial charge in [0.2, 0.25) is 0 Å². The molecule has 0 aliphatic rings. The summed E-state index contributed by atoms with van der Waals surface area (Å²) >= 11 is 0. The molecule has 0 radical (unpaired) electrons. The first-order valence-electron chi connectivity index (χ1n) is 6.64. The van der Waals surface area contributed by atoms with Gasteiger partial charge in [-0.25, -0.2) is 0 Å². The van der Waals surface area contributed by atoms with Crippen molar-refractivity contribution in [1.29, 1.82) is 0 Å². The van der Waals surface area contributed by atoms with E-state index in [4.69, 9.17) is 18.9 Å². The molecule has 0 bridgehead atoms. The summed E-state index contributed by atoms with van der Waals surface area (Å²) in [5.74, 6) is 2.69. The highest BCUT2D eigenvalue weighted by Gasteiger charge is 2.13. The van der Waals surface area contributed by atoms with Gasteiger partial charge in [-0.15, -0.1) is 0 Å². The van der Waals surface area contributed by atoms with E-state index in [1.165, 1.54) is 0 Å². The topological polar surface area (TPSA) is 49.0 Å². The van der Waals surface area contributed by atoms with Gasteiger partial charge < -0.3 is 24.3 Å². The molecule has 20 heavy (non-hydrogen) atoms. The molecular weight excluding hydrogens is 258 g/mol. The third kappa shape index (κ3) is 4.58. The van der Waals surface area contributed by atoms with Crippen LogP contribution in [0.15, 0.2) is 12.1 Å². The fourth-order valence-electron chi connectivity index (χ4n) is 2.04. The van der Waals surface area contributed by atoms with Crippen LogP contribution in [-0.2, 0) is 11.3 Å². The lowest BCUT2D eigenvalue weighted by Gasteiger charge is -2.17. The van der Waals surface area contributed by atoms with Gasteiger partial charge in [-0.05, 0) is 5.92 Å². The SMILES string of the molecule is COCC(C)CNCc1c(OC)cc(OC)cc1OC. The summed E-state index contributed by atoms with van der Waals surface area (Å²) in [6, 6.07) is 3.72. The zero-order valence-corrected chi connectivity index (χ0v) is 13.0. The van der Waals surface area contributed by atoms with Crippen molar-refractivity contribution < 1.29 is 18.9 Å². The molecule has 0 fully saturated rings. The Balaban J connectivity index is 2.77. The average Bonchev–Trinajstić information content (AvgIpc) is 2.47. The Hall–Kier alpha value is -1.46. The highest BCUT2D eigenvalue weighted by molar-refractivity contribution is 5.50. The minimum absolute atomic E-state index is 0.454. The number of benzene rings is 1. The molecule has 0 aromatic heterocycles. The Kier molecular flexibility index (Phi) is 7.18. The number of hydrogen-bond acceptors (Lipinski definition) is 5. The van der Waals surface area contributed by atoms with Crippen molar-refractivity contribution in [1.82, 2.24) is 5.32 Å². The van der Waals surface area contributed by atoms with Crippen LogP contribution in [0, 0.1) is 5.92 Å². The van der Waals surface area contributed by atoms with Crippen LogP contribution in [0.25, 0.3) is 0 Å². The maximum absolute atomic E-state index is 5.41. The molecule has 1 unspecified atom stereocenters. The molecule has 1 N–H and O–H groups in total. The lowest BCUT2D eigenvalue weighted by molar-refractivity contribution is 0.158. The van der Waals surface area contributed by atoms with Crippen molar-refractivity contribution in [3.05, 3.63) is 17.7 Å². The van der Waals surface area contributed by atoms with Crippen LogP contribution >= 0.6 is 0 Å². The van der Waals surface area contributed by atoms with E-state index in [0.717, 1.165) is 36.0 Å². The molecule has 1 aromatic carbocycles. The highest BCUT2D eigenvalue weighted by Crippen LogP contribution is 2.33. The molecular formula is C15H25NO4. The molecule has 0 heterocycles. The van der Waals surface area contributed by atoms with Crippen LogP contribution in [0.3, 0.4) is 0 Å². The van der Waals surface area contributed by atoms with Gasteiger partial charge in [-0.1, -0.05) is 6.92 Å². The molecule has 1 rings (SSSR count). The minimum Gasteiger partial charge on any atom is -0.496 e. The van der Waals surface area contributed by atoms with Gasteiger partial charge in [0.1, 0.15) is 17.2 Å². The van der Waals surface area contributed by atoms with Crippen molar-refractivity contribution in [2.24, 2.45) is 5.92 Å². The van der Waals surface area contributed by atoms with Crippen molar-refractivity contribution in [3.8, 4) is 17.2 Å². The van der Waals surface area contributed by atoms with E-state index in [1.54, 1.807) is 28.4 Å². The molecule has 0 saturated heterocycles. The third-order valence-corrected chi connectivity index (χ3v) is 3.06. The molecule has 114 valence electrons. The molecule has 1 atom stereocenters. The van der Waals surface area contributed by atoms with Crippen molar-refractivity contribution >= 4 is 0 Å². The third-order valence-electron chi connectivity index (χ3n) is 3.06. The normalized spacial score (nSPS) is 12.1. The quantitative estimate of drug-likeness (QED) is 0.752. The number of nitrogens with one attached hydrogen (secondary N) is 1. The first-order chi connectivity index (χ1) is 9.65. The van der Waals surface area contributed by atoms with Crippen molar-refractivity contribution in [2.75, 3.05) is 41.6 Å². The zero-order chi connectivity index (χ0) is 15.0. The van der Waals surface area contributed by atoms with Crippen LogP contribution in [0.2, 0.25) is 0 Å². The van der Waals surface area contributed by atoms with Gasteiger partial charge >= 0.3 is 0 Å². The highest BCUT2D eigenvalue weighted by atomic mass is 16.5. The first-order valence-corrected chi connectivity index (χ1v) is 6.64. The Morgan fingerprint density at radius 2 is 1.60 bits per heavy atom. The number of rotatable bonds is 9. The fraction of sp³-hybridized carbons (Fsp3) is 0.600. The first kappa shape index (κ1) is 16.6. The second kappa shape index (κ2) is 8.66. The predicted molar refractivity (Wildman–Crippen MR) is 78.8 cm³/mol. The average molecular weight is 283 g/mol. The van der Waals surface area contributed by atoms with E-state index in [1.807, 2.05) is 12.1 Å². The van der Waals surface area contributed by atoms with Gasteiger partial charge in [0.25, 0.3) is 0 Å².